The van der Waals surface area contributed by atoms with Crippen LogP contribution >= 0.6 is 0 Å². The fraction of sp³-hybridized carbons (Fsp3) is 0.207. The number of carbonyl (C=O) groups excluding carboxylic acids is 3. The number of carbonyl (C=O) groups is 3. The van der Waals surface area contributed by atoms with E-state index in [0.717, 1.165) is 0 Å². The Morgan fingerprint density at radius 2 is 1.79 bits per heavy atom. The lowest BCUT2D eigenvalue weighted by molar-refractivity contribution is -0.384. The van der Waals surface area contributed by atoms with Crippen LogP contribution in [0.15, 0.2) is 85.5 Å². The highest BCUT2D eigenvalue weighted by Crippen LogP contribution is 2.61. The van der Waals surface area contributed by atoms with Gasteiger partial charge in [0.2, 0.25) is 5.91 Å². The molecule has 3 aliphatic rings. The molecular weight excluding hydrogens is 503 g/mol. The van der Waals surface area contributed by atoms with Crippen molar-refractivity contribution in [1.82, 2.24) is 10.4 Å². The number of anilines is 1. The Morgan fingerprint density at radius 3 is 2.46 bits per heavy atom. The summed E-state index contributed by atoms with van der Waals surface area (Å²) in [6.45, 7) is 3.97. The number of halogens is 1. The Bertz CT molecular complexity index is 1540. The van der Waals surface area contributed by atoms with E-state index < -0.39 is 39.9 Å². The third-order valence-corrected chi connectivity index (χ3v) is 7.96. The number of nitro groups is 1. The van der Waals surface area contributed by atoms with Crippen molar-refractivity contribution in [3.05, 3.63) is 118 Å². The number of benzene rings is 3. The first-order chi connectivity index (χ1) is 18.8. The number of rotatable bonds is 6. The number of nitro benzene ring substituents is 1. The zero-order chi connectivity index (χ0) is 27.5. The number of amides is 2. The SMILES string of the molecule is C=CCN1C(=O)[C@@]2(c3ccccc31)[C@H](C(=O)c1ccc([N+](=O)[O-])cc1)[C@@H](c1ccc(F)cc1)[C@@H]1CC(=O)NN12. The van der Waals surface area contributed by atoms with E-state index in [9.17, 15) is 28.9 Å². The van der Waals surface area contributed by atoms with Gasteiger partial charge in [-0.1, -0.05) is 36.4 Å². The molecule has 9 nitrogen and oxygen atoms in total. The molecule has 0 unspecified atom stereocenters. The lowest BCUT2D eigenvalue weighted by Crippen LogP contribution is -2.58. The van der Waals surface area contributed by atoms with Gasteiger partial charge in [0.15, 0.2) is 11.3 Å². The number of non-ortho nitro benzene ring substituents is 1. The molecule has 0 radical (unpaired) electrons. The third-order valence-electron chi connectivity index (χ3n) is 7.96. The molecule has 0 aliphatic carbocycles. The minimum Gasteiger partial charge on any atom is -0.306 e. The molecule has 3 heterocycles. The van der Waals surface area contributed by atoms with Crippen LogP contribution in [0.5, 0.6) is 0 Å². The second kappa shape index (κ2) is 8.95. The Morgan fingerprint density at radius 1 is 1.10 bits per heavy atom. The smallest absolute Gasteiger partial charge is 0.269 e. The summed E-state index contributed by atoms with van der Waals surface area (Å²) in [5.74, 6) is -3.26. The highest BCUT2D eigenvalue weighted by Gasteiger charge is 2.72. The second-order valence-electron chi connectivity index (χ2n) is 9.89. The van der Waals surface area contributed by atoms with Gasteiger partial charge < -0.3 is 4.90 Å². The van der Waals surface area contributed by atoms with E-state index in [1.165, 1.54) is 36.4 Å². The summed E-state index contributed by atoms with van der Waals surface area (Å²) in [6, 6.07) is 17.5. The molecule has 3 aromatic rings. The molecule has 196 valence electrons. The van der Waals surface area contributed by atoms with Crippen molar-refractivity contribution >= 4 is 29.0 Å². The van der Waals surface area contributed by atoms with Gasteiger partial charge in [-0.25, -0.2) is 4.39 Å². The highest BCUT2D eigenvalue weighted by atomic mass is 19.1. The van der Waals surface area contributed by atoms with Crippen LogP contribution in [0.2, 0.25) is 0 Å². The van der Waals surface area contributed by atoms with Crippen LogP contribution in [0.25, 0.3) is 0 Å². The first kappa shape index (κ1) is 24.6. The van der Waals surface area contributed by atoms with E-state index in [0.29, 0.717) is 16.8 Å². The van der Waals surface area contributed by atoms with E-state index in [-0.39, 0.29) is 36.0 Å². The summed E-state index contributed by atoms with van der Waals surface area (Å²) in [4.78, 5) is 54.1. The second-order valence-corrected chi connectivity index (χ2v) is 9.89. The van der Waals surface area contributed by atoms with E-state index in [1.807, 2.05) is 0 Å². The number of nitrogens with one attached hydrogen (secondary N) is 1. The molecule has 0 bridgehead atoms. The quantitative estimate of drug-likeness (QED) is 0.226. The molecule has 6 rings (SSSR count). The molecule has 4 atom stereocenters. The number of para-hydroxylation sites is 1. The predicted octanol–water partition coefficient (Wildman–Crippen LogP) is 3.86. The van der Waals surface area contributed by atoms with Gasteiger partial charge in [0.1, 0.15) is 5.82 Å². The van der Waals surface area contributed by atoms with E-state index >= 15 is 0 Å². The van der Waals surface area contributed by atoms with E-state index in [1.54, 1.807) is 52.4 Å². The highest BCUT2D eigenvalue weighted by molar-refractivity contribution is 6.14. The maximum absolute atomic E-state index is 14.5. The van der Waals surface area contributed by atoms with Crippen molar-refractivity contribution in [3.63, 3.8) is 0 Å². The molecule has 0 saturated carbocycles. The van der Waals surface area contributed by atoms with Gasteiger partial charge in [0.05, 0.1) is 10.8 Å². The summed E-state index contributed by atoms with van der Waals surface area (Å²) < 4.78 is 13.9. The molecule has 3 aliphatic heterocycles. The molecule has 2 fully saturated rings. The zero-order valence-corrected chi connectivity index (χ0v) is 20.6. The molecule has 39 heavy (non-hydrogen) atoms. The monoisotopic (exact) mass is 526 g/mol. The van der Waals surface area contributed by atoms with E-state index in [2.05, 4.69) is 12.0 Å². The van der Waals surface area contributed by atoms with Crippen LogP contribution in [-0.2, 0) is 15.1 Å². The van der Waals surface area contributed by atoms with Crippen LogP contribution in [0, 0.1) is 21.8 Å². The minimum absolute atomic E-state index is 0.0325. The lowest BCUT2D eigenvalue weighted by Gasteiger charge is -2.37. The van der Waals surface area contributed by atoms with Gasteiger partial charge in [-0.15, -0.1) is 6.58 Å². The number of Topliss-reactive ketones (excluding diaryl/α,β-unsaturated/α-hetero) is 1. The van der Waals surface area contributed by atoms with E-state index in [4.69, 9.17) is 0 Å². The minimum atomic E-state index is -1.60. The maximum Gasteiger partial charge on any atom is 0.269 e. The summed E-state index contributed by atoms with van der Waals surface area (Å²) in [5.41, 5.74) is 3.05. The van der Waals surface area contributed by atoms with Gasteiger partial charge >= 0.3 is 0 Å². The molecule has 0 aromatic heterocycles. The Balaban J connectivity index is 1.62. The third kappa shape index (κ3) is 3.45. The molecule has 1 spiro atoms. The molecule has 2 amide bonds. The number of fused-ring (bicyclic) bond motifs is 4. The number of hydrazine groups is 1. The number of hydrogen-bond acceptors (Lipinski definition) is 6. The zero-order valence-electron chi connectivity index (χ0n) is 20.6. The number of nitrogens with zero attached hydrogens (tertiary/aromatic N) is 3. The Labute approximate surface area is 222 Å². The van der Waals surface area contributed by atoms with Gasteiger partial charge in [0.25, 0.3) is 11.6 Å². The van der Waals surface area contributed by atoms with Crippen LogP contribution in [-0.4, -0.2) is 40.1 Å². The van der Waals surface area contributed by atoms with Crippen molar-refractivity contribution in [1.29, 1.82) is 0 Å². The molecule has 3 aromatic carbocycles. The average Bonchev–Trinajstić information content (AvgIpc) is 3.53. The van der Waals surface area contributed by atoms with Crippen LogP contribution < -0.4 is 10.3 Å². The summed E-state index contributed by atoms with van der Waals surface area (Å²) in [7, 11) is 0. The molecule has 2 saturated heterocycles. The number of hydrogen-bond donors (Lipinski definition) is 1. The average molecular weight is 527 g/mol. The Hall–Kier alpha value is -4.70. The summed E-state index contributed by atoms with van der Waals surface area (Å²) in [6.07, 6.45) is 1.62. The summed E-state index contributed by atoms with van der Waals surface area (Å²) >= 11 is 0. The standard InChI is InChI=1S/C29H23FN4O5/c1-2-15-32-22-6-4-3-5-21(22)29(28(32)37)26(27(36)18-9-13-20(14-10-18)34(38)39)25(17-7-11-19(30)12-8-17)23-16-24(35)31-33(23)29/h2-14,23,25-26H,1,15-16H2,(H,31,35)/t23-,25-,26-,29+/m0/s1. The van der Waals surface area contributed by atoms with Crippen LogP contribution in [0.4, 0.5) is 15.8 Å². The van der Waals surface area contributed by atoms with Crippen molar-refractivity contribution < 1.29 is 23.7 Å². The predicted molar refractivity (Wildman–Crippen MR) is 139 cm³/mol. The van der Waals surface area contributed by atoms with Crippen molar-refractivity contribution in [2.75, 3.05) is 11.4 Å². The van der Waals surface area contributed by atoms with Crippen molar-refractivity contribution in [2.45, 2.75) is 23.9 Å². The Kier molecular flexibility index (Phi) is 5.65. The fourth-order valence-corrected chi connectivity index (χ4v) is 6.50. The largest absolute Gasteiger partial charge is 0.306 e. The van der Waals surface area contributed by atoms with Gasteiger partial charge in [-0.3, -0.25) is 29.9 Å². The maximum atomic E-state index is 14.5. The molecule has 10 heteroatoms. The van der Waals surface area contributed by atoms with Crippen molar-refractivity contribution in [2.24, 2.45) is 5.92 Å². The number of ketones is 1. The molecular formula is C29H23FN4O5. The van der Waals surface area contributed by atoms with Crippen molar-refractivity contribution in [3.8, 4) is 0 Å². The first-order valence-corrected chi connectivity index (χ1v) is 12.4. The summed E-state index contributed by atoms with van der Waals surface area (Å²) in [5, 5.41) is 12.8. The van der Waals surface area contributed by atoms with Crippen LogP contribution in [0.1, 0.15) is 33.8 Å². The first-order valence-electron chi connectivity index (χ1n) is 12.4. The van der Waals surface area contributed by atoms with Gasteiger partial charge in [-0.2, -0.15) is 5.01 Å². The van der Waals surface area contributed by atoms with Crippen LogP contribution in [0.3, 0.4) is 0 Å². The fourth-order valence-electron chi connectivity index (χ4n) is 6.50. The normalized spacial score (nSPS) is 25.5. The van der Waals surface area contributed by atoms with Gasteiger partial charge in [-0.05, 0) is 35.9 Å². The lowest BCUT2D eigenvalue weighted by atomic mass is 9.69. The van der Waals surface area contributed by atoms with Gasteiger partial charge in [0, 0.05) is 53.9 Å². The molecule has 1 N–H and O–H groups in total. The topological polar surface area (TPSA) is 113 Å².